The zero-order valence-electron chi connectivity index (χ0n) is 16.8. The van der Waals surface area contributed by atoms with Gasteiger partial charge in [-0.3, -0.25) is 4.79 Å². The summed E-state index contributed by atoms with van der Waals surface area (Å²) in [5, 5.41) is 0. The van der Waals surface area contributed by atoms with Gasteiger partial charge in [-0.05, 0) is 62.6 Å². The van der Waals surface area contributed by atoms with Crippen molar-refractivity contribution in [3.63, 3.8) is 0 Å². The van der Waals surface area contributed by atoms with Crippen molar-refractivity contribution >= 4 is 5.97 Å². The highest BCUT2D eigenvalue weighted by molar-refractivity contribution is 5.77. The number of hydrogen-bond donors (Lipinski definition) is 0. The first-order chi connectivity index (χ1) is 12.1. The Morgan fingerprint density at radius 3 is 1.69 bits per heavy atom. The molecule has 3 heteroatoms. The Morgan fingerprint density at radius 2 is 1.27 bits per heavy atom. The number of hydrogen-bond acceptors (Lipinski definition) is 3. The summed E-state index contributed by atoms with van der Waals surface area (Å²) >= 11 is 0. The van der Waals surface area contributed by atoms with E-state index in [1.165, 1.54) is 5.56 Å². The second-order valence-corrected chi connectivity index (χ2v) is 8.16. The van der Waals surface area contributed by atoms with Crippen molar-refractivity contribution in [3.05, 3.63) is 59.7 Å². The van der Waals surface area contributed by atoms with Crippen LogP contribution in [0.2, 0.25) is 0 Å². The summed E-state index contributed by atoms with van der Waals surface area (Å²) in [7, 11) is 0. The van der Waals surface area contributed by atoms with Crippen LogP contribution in [0.3, 0.4) is 0 Å². The Labute approximate surface area is 157 Å². The number of carbonyl (C=O) groups is 1. The van der Waals surface area contributed by atoms with E-state index >= 15 is 0 Å². The molecule has 0 aliphatic carbocycles. The molecular formula is C23H30O3. The molecule has 0 unspecified atom stereocenters. The Balaban J connectivity index is 2.14. The van der Waals surface area contributed by atoms with Gasteiger partial charge in [0.05, 0.1) is 12.0 Å². The van der Waals surface area contributed by atoms with Crippen molar-refractivity contribution in [2.75, 3.05) is 6.61 Å². The van der Waals surface area contributed by atoms with Crippen LogP contribution >= 0.6 is 0 Å². The third kappa shape index (κ3) is 4.87. The van der Waals surface area contributed by atoms with Crippen molar-refractivity contribution in [1.82, 2.24) is 0 Å². The van der Waals surface area contributed by atoms with E-state index in [4.69, 9.17) is 9.47 Å². The molecule has 0 radical (unpaired) electrons. The van der Waals surface area contributed by atoms with Crippen molar-refractivity contribution in [3.8, 4) is 11.5 Å². The lowest BCUT2D eigenvalue weighted by atomic mass is 9.78. The molecule has 26 heavy (non-hydrogen) atoms. The molecule has 2 rings (SSSR count). The molecule has 0 bridgehead atoms. The zero-order valence-corrected chi connectivity index (χ0v) is 16.8. The van der Waals surface area contributed by atoms with Crippen LogP contribution in [0.25, 0.3) is 0 Å². The molecule has 0 fully saturated rings. The highest BCUT2D eigenvalue weighted by atomic mass is 16.5. The highest BCUT2D eigenvalue weighted by Crippen LogP contribution is 2.33. The van der Waals surface area contributed by atoms with Gasteiger partial charge in [0.15, 0.2) is 0 Å². The summed E-state index contributed by atoms with van der Waals surface area (Å²) in [5.41, 5.74) is 1.70. The molecule has 0 amide bonds. The maximum Gasteiger partial charge on any atom is 0.316 e. The van der Waals surface area contributed by atoms with Gasteiger partial charge in [0.2, 0.25) is 0 Å². The molecule has 0 N–H and O–H groups in total. The SMILES string of the molecule is CCCOc1ccc(C(C)(C)c2ccc(OC(=O)C(C)(C)C)cc2)cc1. The first-order valence-electron chi connectivity index (χ1n) is 9.21. The fourth-order valence-electron chi connectivity index (χ4n) is 2.55. The Morgan fingerprint density at radius 1 is 0.808 bits per heavy atom. The summed E-state index contributed by atoms with van der Waals surface area (Å²) in [6.45, 7) is 12.7. The Bertz CT molecular complexity index is 720. The van der Waals surface area contributed by atoms with E-state index in [1.54, 1.807) is 0 Å². The van der Waals surface area contributed by atoms with Gasteiger partial charge in [-0.15, -0.1) is 0 Å². The van der Waals surface area contributed by atoms with E-state index in [9.17, 15) is 4.79 Å². The van der Waals surface area contributed by atoms with Crippen LogP contribution in [0.5, 0.6) is 11.5 Å². The molecule has 0 aliphatic heterocycles. The van der Waals surface area contributed by atoms with Gasteiger partial charge in [0.1, 0.15) is 11.5 Å². The second kappa shape index (κ2) is 7.94. The van der Waals surface area contributed by atoms with E-state index in [1.807, 2.05) is 57.2 Å². The van der Waals surface area contributed by atoms with Crippen LogP contribution in [0, 0.1) is 5.41 Å². The lowest BCUT2D eigenvalue weighted by molar-refractivity contribution is -0.142. The standard InChI is InChI=1S/C23H30O3/c1-7-16-25-19-12-8-17(9-13-19)23(5,6)18-10-14-20(15-11-18)26-21(24)22(2,3)4/h8-15H,7,16H2,1-6H3. The van der Waals surface area contributed by atoms with Crippen LogP contribution in [-0.2, 0) is 10.2 Å². The molecule has 2 aromatic rings. The molecule has 0 atom stereocenters. The Hall–Kier alpha value is -2.29. The number of carbonyl (C=O) groups excluding carboxylic acids is 1. The molecular weight excluding hydrogens is 324 g/mol. The largest absolute Gasteiger partial charge is 0.494 e. The number of benzene rings is 2. The minimum absolute atomic E-state index is 0.157. The van der Waals surface area contributed by atoms with Crippen molar-refractivity contribution in [2.24, 2.45) is 5.41 Å². The minimum Gasteiger partial charge on any atom is -0.494 e. The smallest absolute Gasteiger partial charge is 0.316 e. The first-order valence-corrected chi connectivity index (χ1v) is 9.21. The summed E-state index contributed by atoms with van der Waals surface area (Å²) in [6, 6.07) is 16.0. The van der Waals surface area contributed by atoms with Crippen molar-refractivity contribution < 1.29 is 14.3 Å². The number of esters is 1. The molecule has 140 valence electrons. The van der Waals surface area contributed by atoms with Crippen LogP contribution < -0.4 is 9.47 Å². The number of ether oxygens (including phenoxy) is 2. The molecule has 0 aromatic heterocycles. The lowest BCUT2D eigenvalue weighted by Crippen LogP contribution is -2.25. The van der Waals surface area contributed by atoms with Gasteiger partial charge in [0, 0.05) is 5.41 Å². The predicted molar refractivity (Wildman–Crippen MR) is 106 cm³/mol. The fourth-order valence-corrected chi connectivity index (χ4v) is 2.55. The van der Waals surface area contributed by atoms with Crippen LogP contribution in [0.1, 0.15) is 59.1 Å². The molecule has 0 spiro atoms. The molecule has 0 saturated carbocycles. The van der Waals surface area contributed by atoms with Crippen LogP contribution in [0.4, 0.5) is 0 Å². The maximum atomic E-state index is 12.0. The molecule has 3 nitrogen and oxygen atoms in total. The zero-order chi connectivity index (χ0) is 19.4. The van der Waals surface area contributed by atoms with E-state index in [2.05, 4.69) is 32.9 Å². The summed E-state index contributed by atoms with van der Waals surface area (Å²) in [5.74, 6) is 1.25. The third-order valence-electron chi connectivity index (χ3n) is 4.45. The summed E-state index contributed by atoms with van der Waals surface area (Å²) < 4.78 is 11.1. The minimum atomic E-state index is -0.514. The maximum absolute atomic E-state index is 12.0. The molecule has 2 aromatic carbocycles. The van der Waals surface area contributed by atoms with Gasteiger partial charge in [-0.2, -0.15) is 0 Å². The Kier molecular flexibility index (Phi) is 6.12. The average Bonchev–Trinajstić information content (AvgIpc) is 2.60. The van der Waals surface area contributed by atoms with Gasteiger partial charge in [-0.25, -0.2) is 0 Å². The van der Waals surface area contributed by atoms with Gasteiger partial charge in [-0.1, -0.05) is 45.0 Å². The lowest BCUT2D eigenvalue weighted by Gasteiger charge is -2.26. The third-order valence-corrected chi connectivity index (χ3v) is 4.45. The normalized spacial score (nSPS) is 11.9. The predicted octanol–water partition coefficient (Wildman–Crippen LogP) is 5.75. The average molecular weight is 354 g/mol. The van der Waals surface area contributed by atoms with E-state index in [-0.39, 0.29) is 11.4 Å². The van der Waals surface area contributed by atoms with Gasteiger partial charge >= 0.3 is 5.97 Å². The monoisotopic (exact) mass is 354 g/mol. The molecule has 0 heterocycles. The summed E-state index contributed by atoms with van der Waals surface area (Å²) in [6.07, 6.45) is 0.999. The van der Waals surface area contributed by atoms with Crippen LogP contribution in [-0.4, -0.2) is 12.6 Å². The van der Waals surface area contributed by atoms with Gasteiger partial charge < -0.3 is 9.47 Å². The van der Waals surface area contributed by atoms with E-state index in [0.717, 1.165) is 24.3 Å². The second-order valence-electron chi connectivity index (χ2n) is 8.16. The van der Waals surface area contributed by atoms with Gasteiger partial charge in [0.25, 0.3) is 0 Å². The van der Waals surface area contributed by atoms with Crippen molar-refractivity contribution in [1.29, 1.82) is 0 Å². The van der Waals surface area contributed by atoms with Crippen LogP contribution in [0.15, 0.2) is 48.5 Å². The quantitative estimate of drug-likeness (QED) is 0.489. The topological polar surface area (TPSA) is 35.5 Å². The highest BCUT2D eigenvalue weighted by Gasteiger charge is 2.25. The summed E-state index contributed by atoms with van der Waals surface area (Å²) in [4.78, 5) is 12.0. The molecule has 0 saturated heterocycles. The fraction of sp³-hybridized carbons (Fsp3) is 0.435. The number of rotatable bonds is 6. The molecule has 0 aliphatic rings. The van der Waals surface area contributed by atoms with E-state index in [0.29, 0.717) is 5.75 Å². The van der Waals surface area contributed by atoms with Crippen molar-refractivity contribution in [2.45, 2.75) is 53.4 Å². The first kappa shape index (κ1) is 20.0. The van der Waals surface area contributed by atoms with E-state index < -0.39 is 5.41 Å².